The van der Waals surface area contributed by atoms with Gasteiger partial charge in [0.2, 0.25) is 5.95 Å². The lowest BCUT2D eigenvalue weighted by atomic mass is 9.74. The standard InChI is InChI=1S/C19H21N3O2S/c23-17-13-11-25-10-5-15(13)20-18(21-17)22-8-6-19(7-9-22)12-24-16-4-2-1-3-14(16)19/h1-4H,5-12H2,(H,20,21,23). The van der Waals surface area contributed by atoms with Gasteiger partial charge in [0, 0.05) is 35.4 Å². The minimum Gasteiger partial charge on any atom is -0.492 e. The third kappa shape index (κ3) is 2.46. The van der Waals surface area contributed by atoms with E-state index in [4.69, 9.17) is 9.72 Å². The van der Waals surface area contributed by atoms with Crippen molar-refractivity contribution in [3.63, 3.8) is 0 Å². The average Bonchev–Trinajstić information content (AvgIpc) is 3.01. The summed E-state index contributed by atoms with van der Waals surface area (Å²) < 4.78 is 5.93. The maximum absolute atomic E-state index is 12.4. The number of nitrogens with zero attached hydrogens (tertiary/aromatic N) is 2. The fraction of sp³-hybridized carbons (Fsp3) is 0.474. The number of hydrogen-bond acceptors (Lipinski definition) is 5. The minimum absolute atomic E-state index is 0.0435. The van der Waals surface area contributed by atoms with E-state index in [-0.39, 0.29) is 11.0 Å². The van der Waals surface area contributed by atoms with Gasteiger partial charge in [0.15, 0.2) is 0 Å². The zero-order valence-electron chi connectivity index (χ0n) is 14.1. The molecule has 3 aliphatic rings. The second-order valence-corrected chi connectivity index (χ2v) is 8.27. The summed E-state index contributed by atoms with van der Waals surface area (Å²) in [6, 6.07) is 8.40. The van der Waals surface area contributed by atoms with Crippen LogP contribution in [0.2, 0.25) is 0 Å². The molecule has 0 radical (unpaired) electrons. The Labute approximate surface area is 150 Å². The van der Waals surface area contributed by atoms with Gasteiger partial charge in [-0.25, -0.2) is 4.98 Å². The molecule has 0 bridgehead atoms. The van der Waals surface area contributed by atoms with Gasteiger partial charge in [0.1, 0.15) is 5.75 Å². The molecule has 0 atom stereocenters. The van der Waals surface area contributed by atoms with Gasteiger partial charge in [-0.2, -0.15) is 11.8 Å². The number of rotatable bonds is 1. The molecule has 25 heavy (non-hydrogen) atoms. The predicted molar refractivity (Wildman–Crippen MR) is 99.8 cm³/mol. The lowest BCUT2D eigenvalue weighted by Gasteiger charge is -2.38. The summed E-state index contributed by atoms with van der Waals surface area (Å²) >= 11 is 1.81. The molecule has 5 rings (SSSR count). The van der Waals surface area contributed by atoms with Crippen LogP contribution in [0.15, 0.2) is 29.1 Å². The van der Waals surface area contributed by atoms with E-state index in [1.165, 1.54) is 5.56 Å². The topological polar surface area (TPSA) is 58.2 Å². The summed E-state index contributed by atoms with van der Waals surface area (Å²) in [7, 11) is 0. The summed E-state index contributed by atoms with van der Waals surface area (Å²) in [6.07, 6.45) is 2.96. The third-order valence-corrected chi connectivity index (χ3v) is 6.79. The largest absolute Gasteiger partial charge is 0.492 e. The first-order valence-electron chi connectivity index (χ1n) is 8.92. The van der Waals surface area contributed by atoms with Crippen LogP contribution in [-0.4, -0.2) is 35.4 Å². The highest BCUT2D eigenvalue weighted by molar-refractivity contribution is 7.98. The molecule has 0 saturated carbocycles. The summed E-state index contributed by atoms with van der Waals surface area (Å²) in [6.45, 7) is 2.56. The Bertz CT molecular complexity index is 871. The average molecular weight is 355 g/mol. The normalized spacial score (nSPS) is 20.9. The molecule has 1 N–H and O–H groups in total. The van der Waals surface area contributed by atoms with Crippen molar-refractivity contribution in [3.8, 4) is 5.75 Å². The molecule has 130 valence electrons. The first-order chi connectivity index (χ1) is 12.3. The Hall–Kier alpha value is -1.95. The number of para-hydroxylation sites is 1. The molecule has 4 heterocycles. The van der Waals surface area contributed by atoms with E-state index in [9.17, 15) is 4.79 Å². The minimum atomic E-state index is 0.0435. The van der Waals surface area contributed by atoms with Crippen LogP contribution in [0.1, 0.15) is 29.7 Å². The molecule has 1 aromatic carbocycles. The molecular formula is C19H21N3O2S. The number of H-pyrrole nitrogens is 1. The van der Waals surface area contributed by atoms with Crippen molar-refractivity contribution >= 4 is 17.7 Å². The van der Waals surface area contributed by atoms with Crippen LogP contribution in [0, 0.1) is 0 Å². The number of nitrogens with one attached hydrogen (secondary N) is 1. The third-order valence-electron chi connectivity index (χ3n) is 5.80. The van der Waals surface area contributed by atoms with Crippen LogP contribution < -0.4 is 15.2 Å². The maximum Gasteiger partial charge on any atom is 0.256 e. The molecule has 0 aliphatic carbocycles. The summed E-state index contributed by atoms with van der Waals surface area (Å²) in [5.41, 5.74) is 3.37. The van der Waals surface area contributed by atoms with Crippen molar-refractivity contribution in [1.82, 2.24) is 9.97 Å². The maximum atomic E-state index is 12.4. The molecule has 1 fully saturated rings. The van der Waals surface area contributed by atoms with Crippen LogP contribution in [0.4, 0.5) is 5.95 Å². The van der Waals surface area contributed by atoms with Gasteiger partial charge in [0.25, 0.3) is 5.56 Å². The lowest BCUT2D eigenvalue weighted by Crippen LogP contribution is -2.45. The number of hydrogen-bond donors (Lipinski definition) is 1. The molecule has 0 amide bonds. The zero-order chi connectivity index (χ0) is 16.9. The number of aromatic nitrogens is 2. The van der Waals surface area contributed by atoms with E-state index in [0.717, 1.165) is 73.4 Å². The van der Waals surface area contributed by atoms with E-state index in [1.54, 1.807) is 0 Å². The summed E-state index contributed by atoms with van der Waals surface area (Å²) in [5, 5.41) is 0. The van der Waals surface area contributed by atoms with Crippen LogP contribution in [0.3, 0.4) is 0 Å². The van der Waals surface area contributed by atoms with Crippen molar-refractivity contribution in [2.45, 2.75) is 30.4 Å². The van der Waals surface area contributed by atoms with Gasteiger partial charge >= 0.3 is 0 Å². The van der Waals surface area contributed by atoms with Crippen molar-refractivity contribution in [2.24, 2.45) is 0 Å². The molecular weight excluding hydrogens is 334 g/mol. The van der Waals surface area contributed by atoms with Gasteiger partial charge in [-0.05, 0) is 31.1 Å². The number of ether oxygens (including phenoxy) is 1. The molecule has 6 heteroatoms. The first-order valence-corrected chi connectivity index (χ1v) is 10.1. The molecule has 1 saturated heterocycles. The van der Waals surface area contributed by atoms with Crippen molar-refractivity contribution in [3.05, 3.63) is 51.4 Å². The van der Waals surface area contributed by atoms with Crippen LogP contribution in [0.25, 0.3) is 0 Å². The number of thioether (sulfide) groups is 1. The van der Waals surface area contributed by atoms with Crippen molar-refractivity contribution in [2.75, 3.05) is 30.3 Å². The fourth-order valence-corrected chi connectivity index (χ4v) is 5.25. The van der Waals surface area contributed by atoms with Gasteiger partial charge in [-0.15, -0.1) is 0 Å². The molecule has 3 aliphatic heterocycles. The molecule has 1 aromatic heterocycles. The van der Waals surface area contributed by atoms with E-state index in [2.05, 4.69) is 28.1 Å². The Balaban J connectivity index is 1.40. The van der Waals surface area contributed by atoms with Gasteiger partial charge in [-0.1, -0.05) is 18.2 Å². The quantitative estimate of drug-likeness (QED) is 0.852. The number of anilines is 1. The zero-order valence-corrected chi connectivity index (χ0v) is 14.9. The highest BCUT2D eigenvalue weighted by Gasteiger charge is 2.43. The number of fused-ring (bicyclic) bond motifs is 3. The first kappa shape index (κ1) is 15.3. The van der Waals surface area contributed by atoms with Crippen LogP contribution >= 0.6 is 11.8 Å². The predicted octanol–water partition coefficient (Wildman–Crippen LogP) is 2.49. The molecule has 0 unspecified atom stereocenters. The second kappa shape index (κ2) is 5.80. The molecule has 1 spiro atoms. The Morgan fingerprint density at radius 2 is 2.08 bits per heavy atom. The Morgan fingerprint density at radius 3 is 2.96 bits per heavy atom. The molecule has 5 nitrogen and oxygen atoms in total. The smallest absolute Gasteiger partial charge is 0.256 e. The summed E-state index contributed by atoms with van der Waals surface area (Å²) in [4.78, 5) is 22.4. The van der Waals surface area contributed by atoms with E-state index < -0.39 is 0 Å². The van der Waals surface area contributed by atoms with Gasteiger partial charge in [0.05, 0.1) is 12.3 Å². The van der Waals surface area contributed by atoms with E-state index in [1.807, 2.05) is 17.8 Å². The SMILES string of the molecule is O=c1[nH]c(N2CCC3(CC2)COc2ccccc23)nc2c1CSCC2. The van der Waals surface area contributed by atoms with Crippen molar-refractivity contribution < 1.29 is 4.74 Å². The van der Waals surface area contributed by atoms with Crippen LogP contribution in [-0.2, 0) is 17.6 Å². The number of aryl methyl sites for hydroxylation is 1. The number of aromatic amines is 1. The van der Waals surface area contributed by atoms with E-state index >= 15 is 0 Å². The second-order valence-electron chi connectivity index (χ2n) is 7.17. The lowest BCUT2D eigenvalue weighted by molar-refractivity contribution is 0.229. The number of benzene rings is 1. The van der Waals surface area contributed by atoms with Crippen molar-refractivity contribution in [1.29, 1.82) is 0 Å². The number of piperidine rings is 1. The summed E-state index contributed by atoms with van der Waals surface area (Å²) in [5.74, 6) is 3.63. The monoisotopic (exact) mass is 355 g/mol. The van der Waals surface area contributed by atoms with Gasteiger partial charge in [-0.3, -0.25) is 9.78 Å². The Morgan fingerprint density at radius 1 is 1.24 bits per heavy atom. The van der Waals surface area contributed by atoms with E-state index in [0.29, 0.717) is 0 Å². The highest BCUT2D eigenvalue weighted by Crippen LogP contribution is 2.45. The Kier molecular flexibility index (Phi) is 3.55. The highest BCUT2D eigenvalue weighted by atomic mass is 32.2. The fourth-order valence-electron chi connectivity index (χ4n) is 4.26. The molecule has 2 aromatic rings. The van der Waals surface area contributed by atoms with Gasteiger partial charge < -0.3 is 9.64 Å². The van der Waals surface area contributed by atoms with Crippen LogP contribution in [0.5, 0.6) is 5.75 Å².